The van der Waals surface area contributed by atoms with E-state index in [-0.39, 0.29) is 5.78 Å². The standard InChI is InChI=1S/C21H22O2/c1-2-3-4-8-14-18-17-13-9-10-15-19(17)23-21(18)20(22)16-11-6-5-7-12-16/h5-7,9-13,15H,2-4,8,14H2,1H3. The van der Waals surface area contributed by atoms with Crippen molar-refractivity contribution in [1.29, 1.82) is 0 Å². The summed E-state index contributed by atoms with van der Waals surface area (Å²) < 4.78 is 5.92. The van der Waals surface area contributed by atoms with E-state index in [0.717, 1.165) is 29.4 Å². The fourth-order valence-electron chi connectivity index (χ4n) is 2.98. The van der Waals surface area contributed by atoms with Gasteiger partial charge in [-0.15, -0.1) is 0 Å². The van der Waals surface area contributed by atoms with Gasteiger partial charge in [0.25, 0.3) is 0 Å². The number of fused-ring (bicyclic) bond motifs is 1. The Kier molecular flexibility index (Phi) is 4.92. The van der Waals surface area contributed by atoms with E-state index in [9.17, 15) is 4.79 Å². The number of benzene rings is 2. The highest BCUT2D eigenvalue weighted by Gasteiger charge is 2.21. The van der Waals surface area contributed by atoms with E-state index in [4.69, 9.17) is 4.42 Å². The molecule has 0 N–H and O–H groups in total. The van der Waals surface area contributed by atoms with Gasteiger partial charge < -0.3 is 4.42 Å². The summed E-state index contributed by atoms with van der Waals surface area (Å²) in [5.74, 6) is 0.487. The molecule has 3 aromatic rings. The van der Waals surface area contributed by atoms with Crippen LogP contribution in [0, 0.1) is 0 Å². The first-order valence-electron chi connectivity index (χ1n) is 8.41. The van der Waals surface area contributed by atoms with Crippen LogP contribution in [0.25, 0.3) is 11.0 Å². The van der Waals surface area contributed by atoms with Gasteiger partial charge in [0.05, 0.1) is 0 Å². The lowest BCUT2D eigenvalue weighted by Crippen LogP contribution is -2.03. The summed E-state index contributed by atoms with van der Waals surface area (Å²) in [5, 5.41) is 1.07. The van der Waals surface area contributed by atoms with Crippen molar-refractivity contribution in [2.45, 2.75) is 39.0 Å². The van der Waals surface area contributed by atoms with Crippen molar-refractivity contribution in [2.75, 3.05) is 0 Å². The van der Waals surface area contributed by atoms with Gasteiger partial charge in [0, 0.05) is 16.5 Å². The van der Waals surface area contributed by atoms with E-state index in [2.05, 4.69) is 13.0 Å². The molecule has 2 heteroatoms. The summed E-state index contributed by atoms with van der Waals surface area (Å²) >= 11 is 0. The molecule has 118 valence electrons. The summed E-state index contributed by atoms with van der Waals surface area (Å²) in [5.41, 5.74) is 2.55. The van der Waals surface area contributed by atoms with Gasteiger partial charge >= 0.3 is 0 Å². The van der Waals surface area contributed by atoms with Crippen molar-refractivity contribution in [2.24, 2.45) is 0 Å². The van der Waals surface area contributed by atoms with Gasteiger partial charge in [0.2, 0.25) is 5.78 Å². The van der Waals surface area contributed by atoms with Crippen LogP contribution < -0.4 is 0 Å². The number of carbonyl (C=O) groups is 1. The molecule has 0 fully saturated rings. The molecule has 1 heterocycles. The van der Waals surface area contributed by atoms with Crippen LogP contribution >= 0.6 is 0 Å². The second-order valence-corrected chi connectivity index (χ2v) is 5.91. The Morgan fingerprint density at radius 1 is 0.913 bits per heavy atom. The van der Waals surface area contributed by atoms with Crippen molar-refractivity contribution < 1.29 is 9.21 Å². The maximum atomic E-state index is 12.8. The number of carbonyl (C=O) groups excluding carboxylic acids is 1. The van der Waals surface area contributed by atoms with Gasteiger partial charge in [-0.2, -0.15) is 0 Å². The minimum atomic E-state index is -0.0210. The van der Waals surface area contributed by atoms with Crippen molar-refractivity contribution in [1.82, 2.24) is 0 Å². The highest BCUT2D eigenvalue weighted by Crippen LogP contribution is 2.29. The largest absolute Gasteiger partial charge is 0.452 e. The highest BCUT2D eigenvalue weighted by molar-refractivity contribution is 6.10. The molecule has 0 spiro atoms. The molecule has 0 atom stereocenters. The van der Waals surface area contributed by atoms with Gasteiger partial charge in [0.1, 0.15) is 5.58 Å². The predicted molar refractivity (Wildman–Crippen MR) is 93.9 cm³/mol. The molecule has 0 aliphatic rings. The minimum Gasteiger partial charge on any atom is -0.452 e. The summed E-state index contributed by atoms with van der Waals surface area (Å²) in [4.78, 5) is 12.8. The average Bonchev–Trinajstić information content (AvgIpc) is 2.97. The van der Waals surface area contributed by atoms with E-state index in [0.29, 0.717) is 11.3 Å². The Hall–Kier alpha value is -2.35. The van der Waals surface area contributed by atoms with Crippen LogP contribution in [-0.2, 0) is 6.42 Å². The molecule has 0 bridgehead atoms. The molecular weight excluding hydrogens is 284 g/mol. The van der Waals surface area contributed by atoms with Crippen LogP contribution in [0.15, 0.2) is 59.0 Å². The molecule has 0 saturated carbocycles. The van der Waals surface area contributed by atoms with Gasteiger partial charge in [0.15, 0.2) is 5.76 Å². The maximum absolute atomic E-state index is 12.8. The van der Waals surface area contributed by atoms with Crippen LogP contribution in [-0.4, -0.2) is 5.78 Å². The average molecular weight is 306 g/mol. The monoisotopic (exact) mass is 306 g/mol. The molecule has 0 amide bonds. The topological polar surface area (TPSA) is 30.2 Å². The van der Waals surface area contributed by atoms with Gasteiger partial charge in [-0.05, 0) is 18.9 Å². The van der Waals surface area contributed by atoms with Crippen molar-refractivity contribution >= 4 is 16.8 Å². The maximum Gasteiger partial charge on any atom is 0.228 e. The van der Waals surface area contributed by atoms with Crippen LogP contribution in [0.1, 0.15) is 54.3 Å². The molecule has 0 saturated heterocycles. The number of hydrogen-bond acceptors (Lipinski definition) is 2. The molecule has 3 rings (SSSR count). The Morgan fingerprint density at radius 2 is 1.65 bits per heavy atom. The lowest BCUT2D eigenvalue weighted by Gasteiger charge is -2.03. The van der Waals surface area contributed by atoms with Crippen molar-refractivity contribution in [3.63, 3.8) is 0 Å². The third kappa shape index (κ3) is 3.37. The van der Waals surface area contributed by atoms with E-state index >= 15 is 0 Å². The van der Waals surface area contributed by atoms with E-state index in [1.165, 1.54) is 19.3 Å². The first-order chi connectivity index (χ1) is 11.3. The molecule has 0 aliphatic carbocycles. The van der Waals surface area contributed by atoms with Gasteiger partial charge in [-0.25, -0.2) is 0 Å². The molecule has 2 nitrogen and oxygen atoms in total. The summed E-state index contributed by atoms with van der Waals surface area (Å²) in [6.45, 7) is 2.21. The van der Waals surface area contributed by atoms with Crippen molar-refractivity contribution in [3.8, 4) is 0 Å². The Morgan fingerprint density at radius 3 is 2.43 bits per heavy atom. The Bertz CT molecular complexity index is 784. The smallest absolute Gasteiger partial charge is 0.228 e. The number of hydrogen-bond donors (Lipinski definition) is 0. The van der Waals surface area contributed by atoms with Gasteiger partial charge in [-0.1, -0.05) is 74.7 Å². The lowest BCUT2D eigenvalue weighted by molar-refractivity contribution is 0.101. The number of rotatable bonds is 7. The van der Waals surface area contributed by atoms with E-state index in [1.807, 2.05) is 48.5 Å². The molecular formula is C21H22O2. The fourth-order valence-corrected chi connectivity index (χ4v) is 2.98. The van der Waals surface area contributed by atoms with E-state index in [1.54, 1.807) is 0 Å². The van der Waals surface area contributed by atoms with Crippen LogP contribution in [0.5, 0.6) is 0 Å². The fraction of sp³-hybridized carbons (Fsp3) is 0.286. The van der Waals surface area contributed by atoms with Crippen molar-refractivity contribution in [3.05, 3.63) is 71.5 Å². The second-order valence-electron chi connectivity index (χ2n) is 5.91. The normalized spacial score (nSPS) is 11.0. The zero-order chi connectivity index (χ0) is 16.1. The third-order valence-corrected chi connectivity index (χ3v) is 4.22. The minimum absolute atomic E-state index is 0.0210. The summed E-state index contributed by atoms with van der Waals surface area (Å²) in [6.07, 6.45) is 5.62. The Labute approximate surface area is 137 Å². The lowest BCUT2D eigenvalue weighted by atomic mass is 9.99. The summed E-state index contributed by atoms with van der Waals surface area (Å²) in [6, 6.07) is 17.3. The zero-order valence-electron chi connectivity index (χ0n) is 13.5. The van der Waals surface area contributed by atoms with Crippen LogP contribution in [0.2, 0.25) is 0 Å². The molecule has 0 unspecified atom stereocenters. The molecule has 2 aromatic carbocycles. The molecule has 0 aliphatic heterocycles. The predicted octanol–water partition coefficient (Wildman–Crippen LogP) is 5.79. The van der Waals surface area contributed by atoms with Gasteiger partial charge in [-0.3, -0.25) is 4.79 Å². The first kappa shape index (κ1) is 15.5. The number of furan rings is 1. The second kappa shape index (κ2) is 7.28. The zero-order valence-corrected chi connectivity index (χ0v) is 13.5. The van der Waals surface area contributed by atoms with E-state index < -0.39 is 0 Å². The highest BCUT2D eigenvalue weighted by atomic mass is 16.3. The molecule has 1 aromatic heterocycles. The Balaban J connectivity index is 1.96. The number of ketones is 1. The molecule has 0 radical (unpaired) electrons. The molecule has 23 heavy (non-hydrogen) atoms. The number of para-hydroxylation sites is 1. The summed E-state index contributed by atoms with van der Waals surface area (Å²) in [7, 11) is 0. The quantitative estimate of drug-likeness (QED) is 0.408. The third-order valence-electron chi connectivity index (χ3n) is 4.22. The number of aryl methyl sites for hydroxylation is 1. The van der Waals surface area contributed by atoms with Crippen LogP contribution in [0.4, 0.5) is 0 Å². The SMILES string of the molecule is CCCCCCc1c(C(=O)c2ccccc2)oc2ccccc12. The number of unbranched alkanes of at least 4 members (excludes halogenated alkanes) is 3. The van der Waals surface area contributed by atoms with Crippen LogP contribution in [0.3, 0.4) is 0 Å². The first-order valence-corrected chi connectivity index (χ1v) is 8.41.